The Kier molecular flexibility index (Phi) is 5.14. The minimum Gasteiger partial charge on any atom is -0.357 e. The second-order valence-electron chi connectivity index (χ2n) is 8.68. The number of allylic oxidation sites excluding steroid dienone is 1. The summed E-state index contributed by atoms with van der Waals surface area (Å²) in [5.74, 6) is 0.124. The number of rotatable bonds is 2. The van der Waals surface area contributed by atoms with Crippen molar-refractivity contribution >= 4 is 23.1 Å². The van der Waals surface area contributed by atoms with Gasteiger partial charge in [0.2, 0.25) is 5.91 Å². The highest BCUT2D eigenvalue weighted by Crippen LogP contribution is 2.47. The molecule has 2 atom stereocenters. The highest BCUT2D eigenvalue weighted by Gasteiger charge is 2.40. The maximum absolute atomic E-state index is 13.7. The summed E-state index contributed by atoms with van der Waals surface area (Å²) in [6.07, 6.45) is 1.17. The molecule has 5 rings (SSSR count). The van der Waals surface area contributed by atoms with Gasteiger partial charge in [-0.15, -0.1) is 0 Å². The van der Waals surface area contributed by atoms with Gasteiger partial charge in [0.25, 0.3) is 0 Å². The van der Waals surface area contributed by atoms with E-state index in [2.05, 4.69) is 17.4 Å². The fourth-order valence-electron chi connectivity index (χ4n) is 4.96. The number of benzene rings is 3. The molecule has 4 nitrogen and oxygen atoms in total. The third-order valence-electron chi connectivity index (χ3n) is 6.49. The fraction of sp³-hybridized carbons (Fsp3) is 0.214. The van der Waals surface area contributed by atoms with Gasteiger partial charge in [0, 0.05) is 24.6 Å². The Labute approximate surface area is 188 Å². The lowest BCUT2D eigenvalue weighted by Gasteiger charge is -2.34. The number of aryl methyl sites for hydroxylation is 1. The molecule has 1 N–H and O–H groups in total. The van der Waals surface area contributed by atoms with Crippen LogP contribution in [0.25, 0.3) is 0 Å². The lowest BCUT2D eigenvalue weighted by atomic mass is 9.78. The van der Waals surface area contributed by atoms with Gasteiger partial charge in [-0.25, -0.2) is 0 Å². The number of ketones is 1. The molecule has 32 heavy (non-hydrogen) atoms. The van der Waals surface area contributed by atoms with E-state index in [0.29, 0.717) is 12.0 Å². The number of Topliss-reactive ketones (excluding diaryl/α,β-unsaturated/α-hetero) is 1. The molecule has 0 spiro atoms. The first-order valence-electron chi connectivity index (χ1n) is 11.1. The second kappa shape index (κ2) is 8.12. The van der Waals surface area contributed by atoms with E-state index in [1.807, 2.05) is 73.7 Å². The van der Waals surface area contributed by atoms with Crippen LogP contribution >= 0.6 is 0 Å². The summed E-state index contributed by atoms with van der Waals surface area (Å²) < 4.78 is 0. The second-order valence-corrected chi connectivity index (χ2v) is 8.68. The van der Waals surface area contributed by atoms with Crippen molar-refractivity contribution in [3.05, 3.63) is 107 Å². The van der Waals surface area contributed by atoms with Crippen molar-refractivity contribution in [2.24, 2.45) is 0 Å². The molecule has 3 aromatic carbocycles. The lowest BCUT2D eigenvalue weighted by Crippen LogP contribution is -2.37. The van der Waals surface area contributed by atoms with Gasteiger partial charge in [-0.1, -0.05) is 72.3 Å². The number of carbonyl (C=O) groups is 2. The van der Waals surface area contributed by atoms with Crippen molar-refractivity contribution in [3.8, 4) is 0 Å². The van der Waals surface area contributed by atoms with Crippen LogP contribution < -0.4 is 10.2 Å². The van der Waals surface area contributed by atoms with Crippen molar-refractivity contribution in [2.45, 2.75) is 38.6 Å². The summed E-state index contributed by atoms with van der Waals surface area (Å²) in [5.41, 5.74) is 6.52. The van der Waals surface area contributed by atoms with E-state index < -0.39 is 6.04 Å². The highest BCUT2D eigenvalue weighted by atomic mass is 16.2. The molecular formula is C28H26N2O2. The van der Waals surface area contributed by atoms with Gasteiger partial charge in [-0.05, 0) is 42.5 Å². The van der Waals surface area contributed by atoms with E-state index in [9.17, 15) is 9.59 Å². The molecule has 0 saturated carbocycles. The number of para-hydroxylation sites is 2. The smallest absolute Gasteiger partial charge is 0.224 e. The molecular weight excluding hydrogens is 396 g/mol. The Morgan fingerprint density at radius 1 is 0.875 bits per heavy atom. The van der Waals surface area contributed by atoms with Crippen LogP contribution in [0.4, 0.5) is 11.4 Å². The number of hydrogen-bond acceptors (Lipinski definition) is 3. The first-order valence-corrected chi connectivity index (χ1v) is 11.1. The van der Waals surface area contributed by atoms with Crippen LogP contribution in [0.15, 0.2) is 90.1 Å². The van der Waals surface area contributed by atoms with Gasteiger partial charge in [0.15, 0.2) is 5.78 Å². The van der Waals surface area contributed by atoms with Crippen LogP contribution in [0.5, 0.6) is 0 Å². The van der Waals surface area contributed by atoms with Crippen molar-refractivity contribution in [3.63, 3.8) is 0 Å². The first-order chi connectivity index (χ1) is 15.5. The number of hydrogen-bond donors (Lipinski definition) is 1. The number of fused-ring (bicyclic) bond motifs is 1. The molecule has 0 aromatic heterocycles. The predicted molar refractivity (Wildman–Crippen MR) is 128 cm³/mol. The van der Waals surface area contributed by atoms with Crippen LogP contribution in [-0.2, 0) is 9.59 Å². The highest BCUT2D eigenvalue weighted by molar-refractivity contribution is 6.06. The molecule has 1 aliphatic carbocycles. The Morgan fingerprint density at radius 2 is 1.56 bits per heavy atom. The summed E-state index contributed by atoms with van der Waals surface area (Å²) in [7, 11) is 0. The molecule has 0 fully saturated rings. The monoisotopic (exact) mass is 422 g/mol. The summed E-state index contributed by atoms with van der Waals surface area (Å²) in [4.78, 5) is 28.5. The predicted octanol–water partition coefficient (Wildman–Crippen LogP) is 5.92. The number of nitrogens with one attached hydrogen (secondary N) is 1. The molecule has 1 amide bonds. The molecule has 160 valence electrons. The lowest BCUT2D eigenvalue weighted by molar-refractivity contribution is -0.117. The van der Waals surface area contributed by atoms with Gasteiger partial charge in [0.05, 0.1) is 17.4 Å². The fourth-order valence-corrected chi connectivity index (χ4v) is 4.96. The van der Waals surface area contributed by atoms with Gasteiger partial charge in [-0.2, -0.15) is 0 Å². The molecule has 2 aliphatic rings. The average molecular weight is 423 g/mol. The number of anilines is 2. The van der Waals surface area contributed by atoms with E-state index >= 15 is 0 Å². The molecule has 0 radical (unpaired) electrons. The molecule has 0 unspecified atom stereocenters. The Balaban J connectivity index is 1.71. The van der Waals surface area contributed by atoms with Crippen LogP contribution in [0.1, 0.15) is 48.4 Å². The summed E-state index contributed by atoms with van der Waals surface area (Å²) in [5, 5.41) is 3.55. The zero-order valence-corrected chi connectivity index (χ0v) is 18.3. The van der Waals surface area contributed by atoms with Crippen LogP contribution in [0.2, 0.25) is 0 Å². The largest absolute Gasteiger partial charge is 0.357 e. The summed E-state index contributed by atoms with van der Waals surface area (Å²) in [6, 6.07) is 25.7. The van der Waals surface area contributed by atoms with Crippen LogP contribution in [-0.4, -0.2) is 11.7 Å². The van der Waals surface area contributed by atoms with Crippen molar-refractivity contribution in [1.29, 1.82) is 0 Å². The quantitative estimate of drug-likeness (QED) is 0.558. The standard InChI is InChI=1S/C28H26N2O2/c1-18-12-14-21(15-13-18)28-27-24(16-22(17-26(27)32)20-8-4-3-5-9-20)29-23-10-6-7-11-25(23)30(28)19(2)31/h3-15,22,28-29H,16-17H2,1-2H3/t22-,28+/m1/s1. The third kappa shape index (κ3) is 3.52. The van der Waals surface area contributed by atoms with E-state index in [4.69, 9.17) is 0 Å². The topological polar surface area (TPSA) is 49.4 Å². The zero-order valence-electron chi connectivity index (χ0n) is 18.3. The van der Waals surface area contributed by atoms with Gasteiger partial charge in [-0.3, -0.25) is 14.5 Å². The molecule has 1 aliphatic heterocycles. The third-order valence-corrected chi connectivity index (χ3v) is 6.49. The van der Waals surface area contributed by atoms with E-state index in [0.717, 1.165) is 34.6 Å². The molecule has 1 heterocycles. The van der Waals surface area contributed by atoms with E-state index in [-0.39, 0.29) is 17.6 Å². The zero-order chi connectivity index (χ0) is 22.2. The molecule has 3 aromatic rings. The number of nitrogens with zero attached hydrogens (tertiary/aromatic N) is 1. The van der Waals surface area contributed by atoms with E-state index in [1.54, 1.807) is 11.8 Å². The van der Waals surface area contributed by atoms with Crippen molar-refractivity contribution in [1.82, 2.24) is 0 Å². The maximum Gasteiger partial charge on any atom is 0.224 e. The summed E-state index contributed by atoms with van der Waals surface area (Å²) in [6.45, 7) is 3.61. The van der Waals surface area contributed by atoms with Gasteiger partial charge < -0.3 is 5.32 Å². The van der Waals surface area contributed by atoms with Crippen LogP contribution in [0, 0.1) is 6.92 Å². The molecule has 4 heteroatoms. The molecule has 0 saturated heterocycles. The minimum absolute atomic E-state index is 0.0865. The Bertz CT molecular complexity index is 1210. The van der Waals surface area contributed by atoms with Gasteiger partial charge in [0.1, 0.15) is 0 Å². The summed E-state index contributed by atoms with van der Waals surface area (Å²) >= 11 is 0. The minimum atomic E-state index is -0.455. The van der Waals surface area contributed by atoms with Crippen LogP contribution in [0.3, 0.4) is 0 Å². The SMILES string of the molecule is CC(=O)N1c2ccccc2NC2=C(C(=O)C[C@H](c3ccccc3)C2)[C@@H]1c1ccc(C)cc1. The number of carbonyl (C=O) groups excluding carboxylic acids is 2. The Hall–Kier alpha value is -3.66. The first kappa shape index (κ1) is 20.3. The van der Waals surface area contributed by atoms with E-state index in [1.165, 1.54) is 5.56 Å². The van der Waals surface area contributed by atoms with Gasteiger partial charge >= 0.3 is 0 Å². The molecule has 0 bridgehead atoms. The number of amides is 1. The average Bonchev–Trinajstić information content (AvgIpc) is 2.95. The Morgan fingerprint density at radius 3 is 2.28 bits per heavy atom. The van der Waals surface area contributed by atoms with Crippen molar-refractivity contribution in [2.75, 3.05) is 10.2 Å². The van der Waals surface area contributed by atoms with Crippen molar-refractivity contribution < 1.29 is 9.59 Å². The maximum atomic E-state index is 13.7. The normalized spacial score (nSPS) is 20.2.